The largest absolute Gasteiger partial charge is 0.496 e. The SMILES string of the molecule is COc1ccc2[nH]c(C)c(CC(=O)O)c2c1Cc1ccc(F)cc1. The molecule has 0 aliphatic carbocycles. The second-order valence-corrected chi connectivity index (χ2v) is 5.77. The maximum atomic E-state index is 13.1. The number of H-pyrrole nitrogens is 1. The fourth-order valence-corrected chi connectivity index (χ4v) is 3.09. The van der Waals surface area contributed by atoms with Crippen LogP contribution in [0.2, 0.25) is 0 Å². The van der Waals surface area contributed by atoms with Gasteiger partial charge in [0.25, 0.3) is 0 Å². The minimum absolute atomic E-state index is 0.0601. The summed E-state index contributed by atoms with van der Waals surface area (Å²) < 4.78 is 18.6. The standard InChI is InChI=1S/C19H18FNO3/c1-11-14(10-18(22)23)19-15(9-12-3-5-13(20)6-4-12)17(24-2)8-7-16(19)21-11/h3-8,21H,9-10H2,1-2H3,(H,22,23). The summed E-state index contributed by atoms with van der Waals surface area (Å²) >= 11 is 0. The Labute approximate surface area is 138 Å². The smallest absolute Gasteiger partial charge is 0.307 e. The summed E-state index contributed by atoms with van der Waals surface area (Å²) in [5.41, 5.74) is 4.31. The van der Waals surface area contributed by atoms with Crippen LogP contribution >= 0.6 is 0 Å². The predicted molar refractivity (Wildman–Crippen MR) is 90.1 cm³/mol. The Morgan fingerprint density at radius 1 is 1.17 bits per heavy atom. The zero-order valence-electron chi connectivity index (χ0n) is 13.5. The van der Waals surface area contributed by atoms with Crippen LogP contribution in [0, 0.1) is 12.7 Å². The normalized spacial score (nSPS) is 11.0. The molecule has 0 amide bonds. The number of fused-ring (bicyclic) bond motifs is 1. The van der Waals surface area contributed by atoms with Crippen LogP contribution in [0.1, 0.15) is 22.4 Å². The van der Waals surface area contributed by atoms with Crippen molar-refractivity contribution in [2.75, 3.05) is 7.11 Å². The Bertz CT molecular complexity index is 897. The van der Waals surface area contributed by atoms with Crippen LogP contribution in [0.4, 0.5) is 4.39 Å². The van der Waals surface area contributed by atoms with E-state index in [0.717, 1.165) is 33.3 Å². The number of hydrogen-bond acceptors (Lipinski definition) is 2. The van der Waals surface area contributed by atoms with E-state index in [9.17, 15) is 14.3 Å². The van der Waals surface area contributed by atoms with Crippen LogP contribution in [0.25, 0.3) is 10.9 Å². The summed E-state index contributed by atoms with van der Waals surface area (Å²) in [5, 5.41) is 10.1. The lowest BCUT2D eigenvalue weighted by molar-refractivity contribution is -0.136. The molecule has 0 aliphatic rings. The van der Waals surface area contributed by atoms with E-state index in [0.29, 0.717) is 12.2 Å². The molecular weight excluding hydrogens is 309 g/mol. The summed E-state index contributed by atoms with van der Waals surface area (Å²) in [6.45, 7) is 1.87. The molecule has 4 nitrogen and oxygen atoms in total. The van der Waals surface area contributed by atoms with Crippen LogP contribution in [0.3, 0.4) is 0 Å². The van der Waals surface area contributed by atoms with Gasteiger partial charge in [-0.15, -0.1) is 0 Å². The van der Waals surface area contributed by atoms with Crippen molar-refractivity contribution in [3.05, 3.63) is 64.6 Å². The van der Waals surface area contributed by atoms with Crippen molar-refractivity contribution in [3.8, 4) is 5.75 Å². The van der Waals surface area contributed by atoms with Gasteiger partial charge in [0.2, 0.25) is 0 Å². The Kier molecular flexibility index (Phi) is 4.25. The highest BCUT2D eigenvalue weighted by Gasteiger charge is 2.18. The minimum atomic E-state index is -0.880. The average Bonchev–Trinajstić information content (AvgIpc) is 2.85. The highest BCUT2D eigenvalue weighted by atomic mass is 19.1. The fraction of sp³-hybridized carbons (Fsp3) is 0.211. The molecule has 0 spiro atoms. The average molecular weight is 327 g/mol. The highest BCUT2D eigenvalue weighted by Crippen LogP contribution is 2.34. The van der Waals surface area contributed by atoms with E-state index in [1.54, 1.807) is 19.2 Å². The van der Waals surface area contributed by atoms with E-state index < -0.39 is 5.97 Å². The van der Waals surface area contributed by atoms with Crippen molar-refractivity contribution in [1.82, 2.24) is 4.98 Å². The van der Waals surface area contributed by atoms with Gasteiger partial charge < -0.3 is 14.8 Å². The number of nitrogens with one attached hydrogen (secondary N) is 1. The number of methoxy groups -OCH3 is 1. The quantitative estimate of drug-likeness (QED) is 0.748. The van der Waals surface area contributed by atoms with Crippen LogP contribution in [-0.2, 0) is 17.6 Å². The minimum Gasteiger partial charge on any atom is -0.496 e. The molecule has 0 atom stereocenters. The Morgan fingerprint density at radius 2 is 1.88 bits per heavy atom. The molecule has 3 rings (SSSR count). The number of aliphatic carboxylic acids is 1. The van der Waals surface area contributed by atoms with E-state index >= 15 is 0 Å². The number of carbonyl (C=O) groups is 1. The summed E-state index contributed by atoms with van der Waals surface area (Å²) in [6, 6.07) is 10.0. The molecule has 0 bridgehead atoms. The van der Waals surface area contributed by atoms with E-state index in [2.05, 4.69) is 4.98 Å². The Morgan fingerprint density at radius 3 is 2.50 bits per heavy atom. The summed E-state index contributed by atoms with van der Waals surface area (Å²) in [5.74, 6) is -0.472. The number of aromatic nitrogens is 1. The van der Waals surface area contributed by atoms with Gasteiger partial charge in [0.15, 0.2) is 0 Å². The van der Waals surface area contributed by atoms with Crippen molar-refractivity contribution in [2.45, 2.75) is 19.8 Å². The maximum Gasteiger partial charge on any atom is 0.307 e. The number of aryl methyl sites for hydroxylation is 1. The monoisotopic (exact) mass is 327 g/mol. The second-order valence-electron chi connectivity index (χ2n) is 5.77. The van der Waals surface area contributed by atoms with Gasteiger partial charge in [-0.2, -0.15) is 0 Å². The number of hydrogen-bond donors (Lipinski definition) is 2. The number of benzene rings is 2. The van der Waals surface area contributed by atoms with Gasteiger partial charge in [0.1, 0.15) is 11.6 Å². The van der Waals surface area contributed by atoms with Gasteiger partial charge in [-0.3, -0.25) is 4.79 Å². The van der Waals surface area contributed by atoms with Crippen LogP contribution < -0.4 is 4.74 Å². The lowest BCUT2D eigenvalue weighted by Crippen LogP contribution is -2.03. The first-order chi connectivity index (χ1) is 11.5. The van der Waals surface area contributed by atoms with Crippen LogP contribution in [0.5, 0.6) is 5.75 Å². The summed E-state index contributed by atoms with van der Waals surface area (Å²) in [6.07, 6.45) is 0.472. The molecule has 5 heteroatoms. The molecule has 1 aromatic heterocycles. The molecule has 0 fully saturated rings. The van der Waals surface area contributed by atoms with E-state index in [4.69, 9.17) is 4.74 Å². The molecule has 124 valence electrons. The second kappa shape index (κ2) is 6.35. The first kappa shape index (κ1) is 16.1. The number of rotatable bonds is 5. The number of carboxylic acids is 1. The third-order valence-corrected chi connectivity index (χ3v) is 4.19. The highest BCUT2D eigenvalue weighted by molar-refractivity contribution is 5.92. The molecule has 24 heavy (non-hydrogen) atoms. The van der Waals surface area contributed by atoms with Gasteiger partial charge in [0, 0.05) is 28.6 Å². The molecule has 2 aromatic carbocycles. The molecule has 1 heterocycles. The van der Waals surface area contributed by atoms with Gasteiger partial charge in [0.05, 0.1) is 13.5 Å². The lowest BCUT2D eigenvalue weighted by atomic mass is 9.96. The van der Waals surface area contributed by atoms with Crippen LogP contribution in [-0.4, -0.2) is 23.2 Å². The molecule has 2 N–H and O–H groups in total. The molecule has 0 saturated heterocycles. The van der Waals surface area contributed by atoms with Gasteiger partial charge >= 0.3 is 5.97 Å². The fourth-order valence-electron chi connectivity index (χ4n) is 3.09. The Hall–Kier alpha value is -2.82. The summed E-state index contributed by atoms with van der Waals surface area (Å²) in [7, 11) is 1.59. The van der Waals surface area contributed by atoms with Crippen molar-refractivity contribution < 1.29 is 19.0 Å². The molecule has 3 aromatic rings. The predicted octanol–water partition coefficient (Wildman–Crippen LogP) is 3.84. The van der Waals surface area contributed by atoms with Gasteiger partial charge in [-0.25, -0.2) is 4.39 Å². The van der Waals surface area contributed by atoms with Crippen LogP contribution in [0.15, 0.2) is 36.4 Å². The van der Waals surface area contributed by atoms with E-state index in [-0.39, 0.29) is 12.2 Å². The molecular formula is C19H18FNO3. The van der Waals surface area contributed by atoms with Crippen molar-refractivity contribution in [2.24, 2.45) is 0 Å². The van der Waals surface area contributed by atoms with E-state index in [1.165, 1.54) is 12.1 Å². The Balaban J connectivity index is 2.18. The van der Waals surface area contributed by atoms with E-state index in [1.807, 2.05) is 19.1 Å². The molecule has 0 unspecified atom stereocenters. The zero-order valence-corrected chi connectivity index (χ0v) is 13.5. The van der Waals surface area contributed by atoms with Gasteiger partial charge in [-0.1, -0.05) is 12.1 Å². The lowest BCUT2D eigenvalue weighted by Gasteiger charge is -2.12. The third kappa shape index (κ3) is 2.97. The van der Waals surface area contributed by atoms with Crippen molar-refractivity contribution in [3.63, 3.8) is 0 Å². The number of carboxylic acid groups (broad SMARTS) is 1. The first-order valence-corrected chi connectivity index (χ1v) is 7.63. The molecule has 0 aliphatic heterocycles. The van der Waals surface area contributed by atoms with Crippen molar-refractivity contribution in [1.29, 1.82) is 0 Å². The number of ether oxygens (including phenoxy) is 1. The zero-order chi connectivity index (χ0) is 17.3. The maximum absolute atomic E-state index is 13.1. The first-order valence-electron chi connectivity index (χ1n) is 7.63. The summed E-state index contributed by atoms with van der Waals surface area (Å²) in [4.78, 5) is 14.5. The number of halogens is 1. The molecule has 0 radical (unpaired) electrons. The topological polar surface area (TPSA) is 62.3 Å². The van der Waals surface area contributed by atoms with Gasteiger partial charge in [-0.05, 0) is 42.3 Å². The van der Waals surface area contributed by atoms with Crippen molar-refractivity contribution >= 4 is 16.9 Å². The number of aromatic amines is 1. The molecule has 0 saturated carbocycles. The third-order valence-electron chi connectivity index (χ3n) is 4.19.